The van der Waals surface area contributed by atoms with Gasteiger partial charge in [0.25, 0.3) is 5.91 Å². The van der Waals surface area contributed by atoms with E-state index in [2.05, 4.69) is 5.10 Å². The summed E-state index contributed by atoms with van der Waals surface area (Å²) in [6, 6.07) is 13.4. The third kappa shape index (κ3) is 3.45. The molecule has 0 N–H and O–H groups in total. The van der Waals surface area contributed by atoms with Gasteiger partial charge in [0.2, 0.25) is 0 Å². The molecule has 3 rings (SSSR count). The monoisotopic (exact) mass is 337 g/mol. The van der Waals surface area contributed by atoms with Crippen LogP contribution in [0.2, 0.25) is 0 Å². The first kappa shape index (κ1) is 16.9. The van der Waals surface area contributed by atoms with Gasteiger partial charge in [-0.25, -0.2) is 9.07 Å². The molecule has 0 spiro atoms. The molecule has 0 aliphatic heterocycles. The lowest BCUT2D eigenvalue weighted by molar-refractivity contribution is 0.0740. The lowest BCUT2D eigenvalue weighted by atomic mass is 10.1. The first-order chi connectivity index (χ1) is 12.0. The van der Waals surface area contributed by atoms with Crippen LogP contribution < -0.4 is 0 Å². The zero-order valence-corrected chi connectivity index (χ0v) is 14.5. The summed E-state index contributed by atoms with van der Waals surface area (Å²) in [7, 11) is 1.68. The van der Waals surface area contributed by atoms with Crippen LogP contribution in [0.5, 0.6) is 0 Å². The summed E-state index contributed by atoms with van der Waals surface area (Å²) in [5.41, 5.74) is 3.01. The normalized spacial score (nSPS) is 12.0. The maximum atomic E-state index is 14.0. The second-order valence-electron chi connectivity index (χ2n) is 6.12. The molecule has 4 nitrogen and oxygen atoms in total. The molecule has 0 aliphatic carbocycles. The lowest BCUT2D eigenvalue weighted by Crippen LogP contribution is -2.30. The Labute approximate surface area is 146 Å². The number of aromatic nitrogens is 2. The van der Waals surface area contributed by atoms with E-state index in [4.69, 9.17) is 0 Å². The van der Waals surface area contributed by atoms with E-state index in [1.807, 2.05) is 32.2 Å². The van der Waals surface area contributed by atoms with Crippen LogP contribution in [0.1, 0.15) is 34.5 Å². The number of halogens is 1. The molecule has 0 aliphatic rings. The minimum atomic E-state index is -0.359. The molecule has 2 aromatic carbocycles. The molecule has 0 fully saturated rings. The number of hydrogen-bond donors (Lipinski definition) is 0. The highest BCUT2D eigenvalue weighted by Crippen LogP contribution is 2.23. The Bertz CT molecular complexity index is 886. The van der Waals surface area contributed by atoms with Gasteiger partial charge in [0.05, 0.1) is 17.9 Å². The summed E-state index contributed by atoms with van der Waals surface area (Å²) in [5, 5.41) is 4.25. The van der Waals surface area contributed by atoms with E-state index in [0.717, 1.165) is 11.3 Å². The minimum Gasteiger partial charge on any atom is -0.335 e. The number of carbonyl (C=O) groups excluding carboxylic acids is 1. The van der Waals surface area contributed by atoms with Gasteiger partial charge in [-0.1, -0.05) is 18.2 Å². The number of rotatable bonds is 4. The highest BCUT2D eigenvalue weighted by Gasteiger charge is 2.21. The summed E-state index contributed by atoms with van der Waals surface area (Å²) in [6.45, 7) is 3.79. The van der Waals surface area contributed by atoms with Crippen molar-refractivity contribution in [3.8, 4) is 5.69 Å². The molecule has 1 atom stereocenters. The van der Waals surface area contributed by atoms with Gasteiger partial charge in [-0.05, 0) is 49.7 Å². The van der Waals surface area contributed by atoms with Gasteiger partial charge < -0.3 is 4.90 Å². The van der Waals surface area contributed by atoms with Crippen molar-refractivity contribution < 1.29 is 9.18 Å². The van der Waals surface area contributed by atoms with Gasteiger partial charge in [-0.15, -0.1) is 0 Å². The molecule has 3 aromatic rings. The van der Waals surface area contributed by atoms with Crippen molar-refractivity contribution in [2.75, 3.05) is 7.05 Å². The molecule has 1 heterocycles. The molecular formula is C20H20FN3O. The van der Waals surface area contributed by atoms with Gasteiger partial charge in [0.1, 0.15) is 5.82 Å². The van der Waals surface area contributed by atoms with Gasteiger partial charge in [-0.2, -0.15) is 5.10 Å². The van der Waals surface area contributed by atoms with Gasteiger partial charge in [-0.3, -0.25) is 4.79 Å². The van der Waals surface area contributed by atoms with E-state index in [9.17, 15) is 9.18 Å². The van der Waals surface area contributed by atoms with E-state index in [1.54, 1.807) is 53.2 Å². The first-order valence-electron chi connectivity index (χ1n) is 8.10. The predicted octanol–water partition coefficient (Wildman–Crippen LogP) is 4.15. The van der Waals surface area contributed by atoms with Crippen molar-refractivity contribution in [2.45, 2.75) is 19.9 Å². The van der Waals surface area contributed by atoms with Crippen molar-refractivity contribution in [1.82, 2.24) is 14.7 Å². The maximum absolute atomic E-state index is 14.0. The zero-order chi connectivity index (χ0) is 18.0. The molecule has 0 saturated heterocycles. The first-order valence-corrected chi connectivity index (χ1v) is 8.10. The van der Waals surface area contributed by atoms with E-state index < -0.39 is 0 Å². The van der Waals surface area contributed by atoms with Gasteiger partial charge >= 0.3 is 0 Å². The van der Waals surface area contributed by atoms with Crippen molar-refractivity contribution in [1.29, 1.82) is 0 Å². The molecule has 25 heavy (non-hydrogen) atoms. The largest absolute Gasteiger partial charge is 0.335 e. The maximum Gasteiger partial charge on any atom is 0.254 e. The molecule has 1 aromatic heterocycles. The minimum absolute atomic E-state index is 0.154. The van der Waals surface area contributed by atoms with Crippen molar-refractivity contribution in [3.63, 3.8) is 0 Å². The van der Waals surface area contributed by atoms with Crippen LogP contribution in [0.25, 0.3) is 5.69 Å². The molecule has 0 radical (unpaired) electrons. The molecule has 0 bridgehead atoms. The number of benzene rings is 2. The number of aryl methyl sites for hydroxylation is 1. The van der Waals surface area contributed by atoms with E-state index >= 15 is 0 Å². The fourth-order valence-corrected chi connectivity index (χ4v) is 2.71. The van der Waals surface area contributed by atoms with Gasteiger partial charge in [0.15, 0.2) is 0 Å². The number of hydrogen-bond acceptors (Lipinski definition) is 2. The van der Waals surface area contributed by atoms with Gasteiger partial charge in [0, 0.05) is 24.4 Å². The number of carbonyl (C=O) groups is 1. The van der Waals surface area contributed by atoms with Crippen LogP contribution >= 0.6 is 0 Å². The fourth-order valence-electron chi connectivity index (χ4n) is 2.71. The Morgan fingerprint density at radius 3 is 2.44 bits per heavy atom. The van der Waals surface area contributed by atoms with E-state index in [1.165, 1.54) is 6.07 Å². The Balaban J connectivity index is 1.79. The Morgan fingerprint density at radius 2 is 1.84 bits per heavy atom. The molecular weight excluding hydrogens is 317 g/mol. The number of nitrogens with zero attached hydrogens (tertiary/aromatic N) is 3. The van der Waals surface area contributed by atoms with Crippen LogP contribution in [-0.4, -0.2) is 27.6 Å². The second-order valence-corrected chi connectivity index (χ2v) is 6.12. The highest BCUT2D eigenvalue weighted by atomic mass is 19.1. The van der Waals surface area contributed by atoms with Crippen molar-refractivity contribution in [3.05, 3.63) is 83.4 Å². The number of amides is 1. The lowest BCUT2D eigenvalue weighted by Gasteiger charge is -2.25. The predicted molar refractivity (Wildman–Crippen MR) is 95.2 cm³/mol. The zero-order valence-electron chi connectivity index (χ0n) is 14.5. The average Bonchev–Trinajstić information content (AvgIpc) is 3.07. The molecule has 5 heteroatoms. The fraction of sp³-hybridized carbons (Fsp3) is 0.200. The van der Waals surface area contributed by atoms with Crippen LogP contribution in [0.15, 0.2) is 60.9 Å². The third-order valence-corrected chi connectivity index (χ3v) is 4.35. The molecule has 128 valence electrons. The van der Waals surface area contributed by atoms with E-state index in [-0.39, 0.29) is 17.8 Å². The Morgan fingerprint density at radius 1 is 1.16 bits per heavy atom. The second kappa shape index (κ2) is 6.89. The summed E-state index contributed by atoms with van der Waals surface area (Å²) < 4.78 is 15.7. The summed E-state index contributed by atoms with van der Waals surface area (Å²) in [6.07, 6.45) is 3.70. The quantitative estimate of drug-likeness (QED) is 0.717. The smallest absolute Gasteiger partial charge is 0.254 e. The van der Waals surface area contributed by atoms with Crippen LogP contribution in [0.4, 0.5) is 4.39 Å². The molecule has 1 amide bonds. The van der Waals surface area contributed by atoms with Crippen LogP contribution in [0, 0.1) is 12.7 Å². The van der Waals surface area contributed by atoms with E-state index in [0.29, 0.717) is 11.1 Å². The summed E-state index contributed by atoms with van der Waals surface area (Å²) in [4.78, 5) is 14.3. The van der Waals surface area contributed by atoms with Crippen LogP contribution in [-0.2, 0) is 0 Å². The topological polar surface area (TPSA) is 38.1 Å². The van der Waals surface area contributed by atoms with Crippen molar-refractivity contribution >= 4 is 5.91 Å². The van der Waals surface area contributed by atoms with Crippen molar-refractivity contribution in [2.24, 2.45) is 0 Å². The Hall–Kier alpha value is -2.95. The SMILES string of the molecule is Cc1cnn(-c2ccc(C(=O)N(C)C(C)c3ccccc3F)cc2)c1. The summed E-state index contributed by atoms with van der Waals surface area (Å²) in [5.74, 6) is -0.460. The standard InChI is InChI=1S/C20H20FN3O/c1-14-12-22-24(13-14)17-10-8-16(9-11-17)20(25)23(3)15(2)18-6-4-5-7-19(18)21/h4-13,15H,1-3H3. The average molecular weight is 337 g/mol. The highest BCUT2D eigenvalue weighted by molar-refractivity contribution is 5.94. The summed E-state index contributed by atoms with van der Waals surface area (Å²) >= 11 is 0. The third-order valence-electron chi connectivity index (χ3n) is 4.35. The molecule has 0 saturated carbocycles. The van der Waals surface area contributed by atoms with Crippen LogP contribution in [0.3, 0.4) is 0 Å². The molecule has 1 unspecified atom stereocenters. The Kier molecular flexibility index (Phi) is 4.65.